The van der Waals surface area contributed by atoms with Gasteiger partial charge in [0, 0.05) is 11.0 Å². The van der Waals surface area contributed by atoms with Gasteiger partial charge in [0.05, 0.1) is 7.11 Å². The monoisotopic (exact) mass is 215 g/mol. The second-order valence-electron chi connectivity index (χ2n) is 1.14. The second kappa shape index (κ2) is 6.65. The van der Waals surface area contributed by atoms with E-state index in [2.05, 4.69) is 32.9 Å². The van der Waals surface area contributed by atoms with Crippen LogP contribution in [0.25, 0.3) is 0 Å². The Balaban J connectivity index is 2.45. The number of alkyl halides is 1. The molecular weight excluding hydrogens is 205 g/mol. The highest BCUT2D eigenvalue weighted by Gasteiger charge is 1.78. The average molecular weight is 215 g/mol. The summed E-state index contributed by atoms with van der Waals surface area (Å²) in [6.07, 6.45) is 1.18. The summed E-state index contributed by atoms with van der Waals surface area (Å²) in [6, 6.07) is 0. The predicted molar refractivity (Wildman–Crippen MR) is 38.5 cm³/mol. The normalized spacial score (nSPS) is 9.43. The van der Waals surface area contributed by atoms with Gasteiger partial charge in [-0.05, 0) is 6.42 Å². The van der Waals surface area contributed by atoms with E-state index in [1.165, 1.54) is 10.8 Å². The number of rotatable bonds is 4. The second-order valence-corrected chi connectivity index (χ2v) is 2.22. The maximum atomic E-state index is 4.59. The Morgan fingerprint density at radius 1 is 1.71 bits per heavy atom. The molecular formula is C4H10INO. The molecule has 0 bridgehead atoms. The Labute approximate surface area is 57.7 Å². The SMILES string of the molecule is CONCCCI. The molecule has 0 atom stereocenters. The molecule has 0 radical (unpaired) electrons. The van der Waals surface area contributed by atoms with E-state index in [0.29, 0.717) is 0 Å². The zero-order chi connectivity index (χ0) is 5.54. The summed E-state index contributed by atoms with van der Waals surface area (Å²) in [7, 11) is 1.63. The summed E-state index contributed by atoms with van der Waals surface area (Å²) in [6.45, 7) is 0.958. The summed E-state index contributed by atoms with van der Waals surface area (Å²) in [5.41, 5.74) is 2.74. The van der Waals surface area contributed by atoms with Crippen molar-refractivity contribution in [1.29, 1.82) is 0 Å². The van der Waals surface area contributed by atoms with E-state index in [-0.39, 0.29) is 0 Å². The molecule has 7 heavy (non-hydrogen) atoms. The zero-order valence-electron chi connectivity index (χ0n) is 4.41. The summed E-state index contributed by atoms with van der Waals surface area (Å²) in [5.74, 6) is 0. The van der Waals surface area contributed by atoms with Crippen LogP contribution in [0.5, 0.6) is 0 Å². The van der Waals surface area contributed by atoms with Gasteiger partial charge < -0.3 is 4.84 Å². The molecule has 3 heteroatoms. The lowest BCUT2D eigenvalue weighted by atomic mass is 10.5. The van der Waals surface area contributed by atoms with Gasteiger partial charge in [-0.3, -0.25) is 0 Å². The van der Waals surface area contributed by atoms with Gasteiger partial charge in [0.15, 0.2) is 0 Å². The molecule has 2 nitrogen and oxygen atoms in total. The third-order valence-corrected chi connectivity index (χ3v) is 1.32. The molecule has 0 unspecified atom stereocenters. The van der Waals surface area contributed by atoms with Gasteiger partial charge in [0.1, 0.15) is 0 Å². The van der Waals surface area contributed by atoms with Crippen LogP contribution in [0, 0.1) is 0 Å². The van der Waals surface area contributed by atoms with Crippen LogP contribution in [0.1, 0.15) is 6.42 Å². The molecule has 44 valence electrons. The third kappa shape index (κ3) is 6.65. The Morgan fingerprint density at radius 3 is 2.86 bits per heavy atom. The molecule has 0 saturated heterocycles. The topological polar surface area (TPSA) is 21.3 Å². The highest BCUT2D eigenvalue weighted by molar-refractivity contribution is 14.1. The van der Waals surface area contributed by atoms with Crippen molar-refractivity contribution in [2.75, 3.05) is 18.1 Å². The molecule has 0 aliphatic carbocycles. The first-order valence-corrected chi connectivity index (χ1v) is 3.76. The summed E-state index contributed by atoms with van der Waals surface area (Å²) >= 11 is 2.33. The Kier molecular flexibility index (Phi) is 7.27. The van der Waals surface area contributed by atoms with Gasteiger partial charge >= 0.3 is 0 Å². The minimum atomic E-state index is 0.958. The van der Waals surface area contributed by atoms with Crippen LogP contribution < -0.4 is 5.48 Å². The predicted octanol–water partition coefficient (Wildman–Crippen LogP) is 0.962. The third-order valence-electron chi connectivity index (χ3n) is 0.557. The zero-order valence-corrected chi connectivity index (χ0v) is 6.57. The fourth-order valence-corrected chi connectivity index (χ4v) is 0.622. The summed E-state index contributed by atoms with van der Waals surface area (Å²) < 4.78 is 1.19. The van der Waals surface area contributed by atoms with E-state index in [9.17, 15) is 0 Å². The van der Waals surface area contributed by atoms with Crippen molar-refractivity contribution in [2.24, 2.45) is 0 Å². The molecule has 0 heterocycles. The quantitative estimate of drug-likeness (QED) is 0.326. The van der Waals surface area contributed by atoms with Crippen LogP contribution in [0.4, 0.5) is 0 Å². The molecule has 0 aliphatic rings. The van der Waals surface area contributed by atoms with Crippen molar-refractivity contribution in [3.8, 4) is 0 Å². The molecule has 0 spiro atoms. The van der Waals surface area contributed by atoms with Crippen LogP contribution in [0.3, 0.4) is 0 Å². The van der Waals surface area contributed by atoms with E-state index in [1.807, 2.05) is 0 Å². The van der Waals surface area contributed by atoms with Crippen molar-refractivity contribution in [3.05, 3.63) is 0 Å². The van der Waals surface area contributed by atoms with E-state index >= 15 is 0 Å². The van der Waals surface area contributed by atoms with E-state index < -0.39 is 0 Å². The summed E-state index contributed by atoms with van der Waals surface area (Å²) in [4.78, 5) is 4.59. The molecule has 0 saturated carbocycles. The average Bonchev–Trinajstić information content (AvgIpc) is 1.69. The first-order chi connectivity index (χ1) is 3.41. The Hall–Kier alpha value is 0.650. The molecule has 0 rings (SSSR count). The lowest BCUT2D eigenvalue weighted by Crippen LogP contribution is -2.12. The molecule has 0 aromatic rings. The first-order valence-electron chi connectivity index (χ1n) is 2.23. The largest absolute Gasteiger partial charge is 0.305 e. The van der Waals surface area contributed by atoms with Crippen LogP contribution in [-0.2, 0) is 4.84 Å². The highest BCUT2D eigenvalue weighted by atomic mass is 127. The summed E-state index contributed by atoms with van der Waals surface area (Å²) in [5, 5.41) is 0. The number of halogens is 1. The highest BCUT2D eigenvalue weighted by Crippen LogP contribution is 1.84. The standard InChI is InChI=1S/C4H10INO/c1-7-6-4-2-3-5/h6H,2-4H2,1H3. The molecule has 1 N–H and O–H groups in total. The van der Waals surface area contributed by atoms with E-state index in [0.717, 1.165) is 6.54 Å². The van der Waals surface area contributed by atoms with Crippen molar-refractivity contribution in [3.63, 3.8) is 0 Å². The van der Waals surface area contributed by atoms with Crippen molar-refractivity contribution in [1.82, 2.24) is 5.48 Å². The Bertz CT molecular complexity index is 30.9. The number of hydroxylamine groups is 1. The molecule has 0 aliphatic heterocycles. The van der Waals surface area contributed by atoms with E-state index in [1.54, 1.807) is 7.11 Å². The number of hydrogen-bond donors (Lipinski definition) is 1. The molecule has 0 aromatic carbocycles. The van der Waals surface area contributed by atoms with Crippen LogP contribution in [0.2, 0.25) is 0 Å². The smallest absolute Gasteiger partial charge is 0.0572 e. The lowest BCUT2D eigenvalue weighted by molar-refractivity contribution is 0.0924. The van der Waals surface area contributed by atoms with Crippen molar-refractivity contribution >= 4 is 22.6 Å². The van der Waals surface area contributed by atoms with Gasteiger partial charge in [-0.25, -0.2) is 5.48 Å². The van der Waals surface area contributed by atoms with Crippen molar-refractivity contribution < 1.29 is 4.84 Å². The van der Waals surface area contributed by atoms with Gasteiger partial charge in [-0.15, -0.1) is 0 Å². The van der Waals surface area contributed by atoms with Crippen LogP contribution in [0.15, 0.2) is 0 Å². The van der Waals surface area contributed by atoms with Crippen molar-refractivity contribution in [2.45, 2.75) is 6.42 Å². The van der Waals surface area contributed by atoms with Crippen LogP contribution >= 0.6 is 22.6 Å². The van der Waals surface area contributed by atoms with Crippen LogP contribution in [-0.4, -0.2) is 18.1 Å². The molecule has 0 amide bonds. The molecule has 0 aromatic heterocycles. The van der Waals surface area contributed by atoms with Gasteiger partial charge in [-0.1, -0.05) is 22.6 Å². The first kappa shape index (κ1) is 7.65. The Morgan fingerprint density at radius 2 is 2.43 bits per heavy atom. The van der Waals surface area contributed by atoms with Gasteiger partial charge in [0.2, 0.25) is 0 Å². The fourth-order valence-electron chi connectivity index (χ4n) is 0.241. The molecule has 0 fully saturated rings. The fraction of sp³-hybridized carbons (Fsp3) is 1.00. The minimum absolute atomic E-state index is 0.958. The van der Waals surface area contributed by atoms with Gasteiger partial charge in [0.25, 0.3) is 0 Å². The maximum Gasteiger partial charge on any atom is 0.0572 e. The maximum absolute atomic E-state index is 4.59. The van der Waals surface area contributed by atoms with Gasteiger partial charge in [-0.2, -0.15) is 0 Å². The van der Waals surface area contributed by atoms with E-state index in [4.69, 9.17) is 0 Å². The lowest BCUT2D eigenvalue weighted by Gasteiger charge is -1.95. The number of hydrogen-bond acceptors (Lipinski definition) is 2. The minimum Gasteiger partial charge on any atom is -0.305 e. The number of nitrogens with one attached hydrogen (secondary N) is 1.